The molecule has 2 aromatic carbocycles. The lowest BCUT2D eigenvalue weighted by Crippen LogP contribution is -2.45. The van der Waals surface area contributed by atoms with Crippen LogP contribution in [0.25, 0.3) is 0 Å². The van der Waals surface area contributed by atoms with E-state index in [4.69, 9.17) is 0 Å². The number of allylic oxidation sites excluding steroid dienone is 2. The SMILES string of the molecule is O=C1c2cc(Br)ccc2N(c2ccc(Br)cc2)C2C=CC(Br)=CC12. The number of hydrogen-bond acceptors (Lipinski definition) is 2. The molecule has 1 aliphatic carbocycles. The molecule has 1 heterocycles. The molecule has 0 aromatic heterocycles. The first-order valence-electron chi connectivity index (χ1n) is 7.49. The Hall–Kier alpha value is -1.17. The molecule has 24 heavy (non-hydrogen) atoms. The van der Waals surface area contributed by atoms with Gasteiger partial charge in [0.25, 0.3) is 0 Å². The van der Waals surface area contributed by atoms with E-state index >= 15 is 0 Å². The summed E-state index contributed by atoms with van der Waals surface area (Å²) in [7, 11) is 0. The Labute approximate surface area is 165 Å². The summed E-state index contributed by atoms with van der Waals surface area (Å²) in [5, 5.41) is 0. The largest absolute Gasteiger partial charge is 0.333 e. The fourth-order valence-electron chi connectivity index (χ4n) is 3.28. The number of Topliss-reactive ketones (excluding diaryl/α,β-unsaturated/α-hetero) is 1. The van der Waals surface area contributed by atoms with Crippen molar-refractivity contribution in [3.8, 4) is 0 Å². The van der Waals surface area contributed by atoms with Crippen molar-refractivity contribution in [3.63, 3.8) is 0 Å². The monoisotopic (exact) mass is 507 g/mol. The van der Waals surface area contributed by atoms with Gasteiger partial charge in [-0.2, -0.15) is 0 Å². The molecular formula is C19H12Br3NO. The molecule has 0 saturated heterocycles. The topological polar surface area (TPSA) is 20.3 Å². The minimum Gasteiger partial charge on any atom is -0.333 e. The molecular weight excluding hydrogens is 498 g/mol. The van der Waals surface area contributed by atoms with E-state index in [0.29, 0.717) is 0 Å². The smallest absolute Gasteiger partial charge is 0.174 e. The van der Waals surface area contributed by atoms with Gasteiger partial charge in [-0.15, -0.1) is 0 Å². The van der Waals surface area contributed by atoms with Crippen LogP contribution in [0.1, 0.15) is 10.4 Å². The molecule has 4 rings (SSSR count). The van der Waals surface area contributed by atoms with Crippen molar-refractivity contribution in [1.29, 1.82) is 0 Å². The molecule has 2 nitrogen and oxygen atoms in total. The maximum atomic E-state index is 13.0. The van der Waals surface area contributed by atoms with Crippen LogP contribution in [-0.2, 0) is 0 Å². The molecule has 0 saturated carbocycles. The van der Waals surface area contributed by atoms with Gasteiger partial charge in [-0.3, -0.25) is 4.79 Å². The summed E-state index contributed by atoms with van der Waals surface area (Å²) in [6, 6.07) is 14.1. The molecule has 2 unspecified atom stereocenters. The van der Waals surface area contributed by atoms with Gasteiger partial charge in [0.05, 0.1) is 17.6 Å². The third-order valence-electron chi connectivity index (χ3n) is 4.35. The number of anilines is 2. The minimum atomic E-state index is -0.199. The zero-order valence-electron chi connectivity index (χ0n) is 12.4. The number of benzene rings is 2. The van der Waals surface area contributed by atoms with Crippen LogP contribution in [0, 0.1) is 5.92 Å². The predicted molar refractivity (Wildman–Crippen MR) is 108 cm³/mol. The first kappa shape index (κ1) is 16.3. The Kier molecular flexibility index (Phi) is 4.27. The molecule has 1 aliphatic heterocycles. The van der Waals surface area contributed by atoms with Crippen molar-refractivity contribution >= 4 is 64.9 Å². The highest BCUT2D eigenvalue weighted by Gasteiger charge is 2.39. The molecule has 5 heteroatoms. The number of ketones is 1. The lowest BCUT2D eigenvalue weighted by Gasteiger charge is -2.42. The van der Waals surface area contributed by atoms with Crippen molar-refractivity contribution in [2.45, 2.75) is 6.04 Å². The van der Waals surface area contributed by atoms with E-state index in [1.807, 2.05) is 42.5 Å². The predicted octanol–water partition coefficient (Wildman–Crippen LogP) is 6.38. The van der Waals surface area contributed by atoms with Gasteiger partial charge >= 0.3 is 0 Å². The Morgan fingerprint density at radius 3 is 2.38 bits per heavy atom. The molecule has 2 atom stereocenters. The summed E-state index contributed by atoms with van der Waals surface area (Å²) in [5.41, 5.74) is 2.77. The van der Waals surface area contributed by atoms with E-state index in [1.165, 1.54) is 0 Å². The van der Waals surface area contributed by atoms with Gasteiger partial charge < -0.3 is 4.90 Å². The number of fused-ring (bicyclic) bond motifs is 2. The zero-order valence-corrected chi connectivity index (χ0v) is 17.2. The van der Waals surface area contributed by atoms with Crippen molar-refractivity contribution in [2.24, 2.45) is 5.92 Å². The Morgan fingerprint density at radius 1 is 0.917 bits per heavy atom. The lowest BCUT2D eigenvalue weighted by atomic mass is 9.81. The molecule has 120 valence electrons. The second-order valence-corrected chi connectivity index (χ2v) is 8.55. The zero-order chi connectivity index (χ0) is 16.8. The average Bonchev–Trinajstić information content (AvgIpc) is 2.57. The average molecular weight is 510 g/mol. The molecule has 0 fully saturated rings. The van der Waals surface area contributed by atoms with E-state index in [-0.39, 0.29) is 17.7 Å². The summed E-state index contributed by atoms with van der Waals surface area (Å²) in [6.07, 6.45) is 6.12. The van der Waals surface area contributed by atoms with Gasteiger partial charge in [-0.05, 0) is 42.5 Å². The minimum absolute atomic E-state index is 0.0198. The van der Waals surface area contributed by atoms with Crippen LogP contribution < -0.4 is 4.90 Å². The molecule has 0 spiro atoms. The number of halogens is 3. The quantitative estimate of drug-likeness (QED) is 0.444. The molecule has 2 aliphatic rings. The summed E-state index contributed by atoms with van der Waals surface area (Å²) < 4.78 is 2.90. The molecule has 2 aromatic rings. The van der Waals surface area contributed by atoms with Gasteiger partial charge in [-0.1, -0.05) is 66.0 Å². The second-order valence-electron chi connectivity index (χ2n) is 5.80. The van der Waals surface area contributed by atoms with Gasteiger partial charge in [0, 0.05) is 24.7 Å². The summed E-state index contributed by atoms with van der Waals surface area (Å²) in [4.78, 5) is 15.3. The van der Waals surface area contributed by atoms with E-state index in [2.05, 4.69) is 70.9 Å². The van der Waals surface area contributed by atoms with Gasteiger partial charge in [0.2, 0.25) is 0 Å². The lowest BCUT2D eigenvalue weighted by molar-refractivity contribution is 0.0931. The van der Waals surface area contributed by atoms with Crippen molar-refractivity contribution in [2.75, 3.05) is 4.90 Å². The van der Waals surface area contributed by atoms with Crippen LogP contribution in [0.15, 0.2) is 74.1 Å². The van der Waals surface area contributed by atoms with Crippen molar-refractivity contribution in [1.82, 2.24) is 0 Å². The van der Waals surface area contributed by atoms with Crippen molar-refractivity contribution in [3.05, 3.63) is 79.7 Å². The first-order chi connectivity index (χ1) is 11.5. The molecule has 0 bridgehead atoms. The Morgan fingerprint density at radius 2 is 1.62 bits per heavy atom. The highest BCUT2D eigenvalue weighted by atomic mass is 79.9. The second kappa shape index (κ2) is 6.28. The fraction of sp³-hybridized carbons (Fsp3) is 0.105. The Balaban J connectivity index is 1.93. The summed E-state index contributed by atoms with van der Waals surface area (Å²) in [5.74, 6) is -0.0409. The van der Waals surface area contributed by atoms with Crippen LogP contribution in [-0.4, -0.2) is 11.8 Å². The molecule has 0 radical (unpaired) electrons. The van der Waals surface area contributed by atoms with Crippen LogP contribution in [0.2, 0.25) is 0 Å². The molecule has 0 N–H and O–H groups in total. The van der Waals surface area contributed by atoms with Gasteiger partial charge in [-0.25, -0.2) is 0 Å². The van der Waals surface area contributed by atoms with Crippen LogP contribution in [0.5, 0.6) is 0 Å². The van der Waals surface area contributed by atoms with Gasteiger partial charge in [0.1, 0.15) is 0 Å². The van der Waals surface area contributed by atoms with Crippen LogP contribution >= 0.6 is 47.8 Å². The third kappa shape index (κ3) is 2.72. The maximum absolute atomic E-state index is 13.0. The number of carbonyl (C=O) groups excluding carboxylic acids is 1. The first-order valence-corrected chi connectivity index (χ1v) is 9.86. The van der Waals surface area contributed by atoms with Crippen molar-refractivity contribution < 1.29 is 4.79 Å². The number of hydrogen-bond donors (Lipinski definition) is 0. The number of rotatable bonds is 1. The van der Waals surface area contributed by atoms with E-state index < -0.39 is 0 Å². The fourth-order valence-corrected chi connectivity index (χ4v) is 4.34. The van der Waals surface area contributed by atoms with Crippen LogP contribution in [0.4, 0.5) is 11.4 Å². The number of carbonyl (C=O) groups is 1. The normalized spacial score (nSPS) is 22.0. The van der Waals surface area contributed by atoms with Crippen LogP contribution in [0.3, 0.4) is 0 Å². The van der Waals surface area contributed by atoms with E-state index in [1.54, 1.807) is 0 Å². The maximum Gasteiger partial charge on any atom is 0.174 e. The Bertz CT molecular complexity index is 886. The summed E-state index contributed by atoms with van der Waals surface area (Å²) in [6.45, 7) is 0. The molecule has 0 amide bonds. The standard InChI is InChI=1S/C19H12Br3NO/c20-11-1-5-14(6-2-11)23-17-7-3-12(21)9-15(17)19(24)16-10-13(22)4-8-18(16)23/h1-10,15,17H. The summed E-state index contributed by atoms with van der Waals surface area (Å²) >= 11 is 10.5. The number of nitrogens with zero attached hydrogens (tertiary/aromatic N) is 1. The van der Waals surface area contributed by atoms with E-state index in [0.717, 1.165) is 30.4 Å². The highest BCUT2D eigenvalue weighted by Crippen LogP contribution is 2.43. The van der Waals surface area contributed by atoms with E-state index in [9.17, 15) is 4.79 Å². The van der Waals surface area contributed by atoms with Gasteiger partial charge in [0.15, 0.2) is 5.78 Å². The highest BCUT2D eigenvalue weighted by molar-refractivity contribution is 9.12. The third-order valence-corrected chi connectivity index (χ3v) is 5.90.